The zero-order chi connectivity index (χ0) is 12.4. The van der Waals surface area contributed by atoms with Gasteiger partial charge in [-0.25, -0.2) is 4.98 Å². The lowest BCUT2D eigenvalue weighted by molar-refractivity contribution is 0.401. The summed E-state index contributed by atoms with van der Waals surface area (Å²) in [5, 5.41) is 2.89. The third kappa shape index (κ3) is 2.26. The predicted octanol–water partition coefficient (Wildman–Crippen LogP) is 3.44. The van der Waals surface area contributed by atoms with Crippen molar-refractivity contribution in [1.82, 2.24) is 4.98 Å². The molecule has 4 heteroatoms. The molecule has 17 heavy (non-hydrogen) atoms. The lowest BCUT2D eigenvalue weighted by Gasteiger charge is -2.09. The molecule has 0 atom stereocenters. The van der Waals surface area contributed by atoms with E-state index in [2.05, 4.69) is 18.0 Å². The largest absolute Gasteiger partial charge is 0.496 e. The van der Waals surface area contributed by atoms with Gasteiger partial charge in [-0.3, -0.25) is 0 Å². The van der Waals surface area contributed by atoms with Gasteiger partial charge in [-0.2, -0.15) is 0 Å². The number of methoxy groups -OCH3 is 2. The number of nitrogens with zero attached hydrogens (tertiary/aromatic N) is 1. The Bertz CT molecular complexity index is 534. The Morgan fingerprint density at radius 1 is 1.06 bits per heavy atom. The van der Waals surface area contributed by atoms with Crippen molar-refractivity contribution < 1.29 is 9.47 Å². The Hall–Kier alpha value is -1.55. The van der Waals surface area contributed by atoms with Crippen molar-refractivity contribution in [3.05, 3.63) is 28.6 Å². The fourth-order valence-electron chi connectivity index (χ4n) is 1.72. The van der Waals surface area contributed by atoms with Gasteiger partial charge in [0.25, 0.3) is 0 Å². The van der Waals surface area contributed by atoms with Gasteiger partial charge in [-0.05, 0) is 37.1 Å². The van der Waals surface area contributed by atoms with Gasteiger partial charge in [-0.15, -0.1) is 11.3 Å². The monoisotopic (exact) mass is 249 g/mol. The molecular weight excluding hydrogens is 234 g/mol. The predicted molar refractivity (Wildman–Crippen MR) is 70.1 cm³/mol. The van der Waals surface area contributed by atoms with Crippen LogP contribution in [0.1, 0.15) is 11.1 Å². The first kappa shape index (κ1) is 11.9. The van der Waals surface area contributed by atoms with Crippen LogP contribution in [0.25, 0.3) is 10.6 Å². The number of thiazole rings is 1. The van der Waals surface area contributed by atoms with Crippen LogP contribution in [0.4, 0.5) is 0 Å². The molecule has 90 valence electrons. The third-order valence-electron chi connectivity index (χ3n) is 2.66. The van der Waals surface area contributed by atoms with Gasteiger partial charge in [0.1, 0.15) is 10.8 Å². The molecule has 0 bridgehead atoms. The molecule has 0 saturated heterocycles. The van der Waals surface area contributed by atoms with Crippen molar-refractivity contribution in [3.8, 4) is 22.2 Å². The molecule has 0 aliphatic rings. The van der Waals surface area contributed by atoms with Gasteiger partial charge < -0.3 is 9.47 Å². The molecule has 0 aliphatic heterocycles. The summed E-state index contributed by atoms with van der Waals surface area (Å²) in [7, 11) is 3.32. The second-order valence-corrected chi connectivity index (χ2v) is 4.69. The summed E-state index contributed by atoms with van der Waals surface area (Å²) in [6.07, 6.45) is 0. The third-order valence-corrected chi connectivity index (χ3v) is 3.52. The number of rotatable bonds is 3. The lowest BCUT2D eigenvalue weighted by atomic mass is 10.1. The van der Waals surface area contributed by atoms with E-state index in [-0.39, 0.29) is 0 Å². The first-order chi connectivity index (χ1) is 8.15. The Kier molecular flexibility index (Phi) is 3.33. The van der Waals surface area contributed by atoms with Crippen molar-refractivity contribution in [1.29, 1.82) is 0 Å². The van der Waals surface area contributed by atoms with Crippen LogP contribution in [0.2, 0.25) is 0 Å². The molecule has 0 amide bonds. The van der Waals surface area contributed by atoms with Gasteiger partial charge in [0.2, 0.25) is 5.88 Å². The summed E-state index contributed by atoms with van der Waals surface area (Å²) in [5.74, 6) is 1.58. The van der Waals surface area contributed by atoms with Crippen LogP contribution in [0.15, 0.2) is 17.5 Å². The summed E-state index contributed by atoms with van der Waals surface area (Å²) in [6, 6.07) is 4.14. The number of aryl methyl sites for hydroxylation is 2. The zero-order valence-corrected chi connectivity index (χ0v) is 11.2. The minimum Gasteiger partial charge on any atom is -0.496 e. The first-order valence-electron chi connectivity index (χ1n) is 5.31. The van der Waals surface area contributed by atoms with Crippen LogP contribution in [-0.2, 0) is 0 Å². The van der Waals surface area contributed by atoms with Crippen molar-refractivity contribution in [2.45, 2.75) is 13.8 Å². The second-order valence-electron chi connectivity index (χ2n) is 3.83. The lowest BCUT2D eigenvalue weighted by Crippen LogP contribution is -1.91. The zero-order valence-electron chi connectivity index (χ0n) is 10.4. The smallest absolute Gasteiger partial charge is 0.224 e. The number of aromatic nitrogens is 1. The SMILES string of the molecule is COc1csc(-c2cc(C)c(OC)cc2C)n1. The van der Waals surface area contributed by atoms with E-state index in [9.17, 15) is 0 Å². The van der Waals surface area contributed by atoms with Crippen LogP contribution in [0.5, 0.6) is 11.6 Å². The molecule has 0 unspecified atom stereocenters. The summed E-state index contributed by atoms with van der Waals surface area (Å²) in [5.41, 5.74) is 3.41. The Morgan fingerprint density at radius 2 is 1.82 bits per heavy atom. The van der Waals surface area contributed by atoms with E-state index in [0.717, 1.165) is 27.4 Å². The highest BCUT2D eigenvalue weighted by Gasteiger charge is 2.10. The minimum atomic E-state index is 0.665. The Morgan fingerprint density at radius 3 is 2.41 bits per heavy atom. The normalized spacial score (nSPS) is 10.4. The standard InChI is InChI=1S/C13H15NO2S/c1-8-6-11(15-3)9(2)5-10(8)13-14-12(16-4)7-17-13/h5-7H,1-4H3. The first-order valence-corrected chi connectivity index (χ1v) is 6.18. The van der Waals surface area contributed by atoms with Gasteiger partial charge >= 0.3 is 0 Å². The van der Waals surface area contributed by atoms with Gasteiger partial charge in [0.05, 0.1) is 19.6 Å². The van der Waals surface area contributed by atoms with Crippen LogP contribution in [0.3, 0.4) is 0 Å². The van der Waals surface area contributed by atoms with E-state index >= 15 is 0 Å². The molecule has 0 radical (unpaired) electrons. The van der Waals surface area contributed by atoms with Gasteiger partial charge in [0.15, 0.2) is 0 Å². The van der Waals surface area contributed by atoms with Crippen molar-refractivity contribution in [2.24, 2.45) is 0 Å². The van der Waals surface area contributed by atoms with E-state index < -0.39 is 0 Å². The summed E-state index contributed by atoms with van der Waals surface area (Å²) in [4.78, 5) is 4.41. The molecule has 1 heterocycles. The fourth-order valence-corrected chi connectivity index (χ4v) is 2.57. The van der Waals surface area contributed by atoms with Crippen molar-refractivity contribution >= 4 is 11.3 Å². The number of ether oxygens (including phenoxy) is 2. The van der Waals surface area contributed by atoms with E-state index in [4.69, 9.17) is 9.47 Å². The van der Waals surface area contributed by atoms with Crippen LogP contribution < -0.4 is 9.47 Å². The molecule has 0 saturated carbocycles. The maximum absolute atomic E-state index is 5.30. The molecule has 1 aromatic heterocycles. The number of hydrogen-bond donors (Lipinski definition) is 0. The topological polar surface area (TPSA) is 31.4 Å². The molecule has 0 fully saturated rings. The van der Waals surface area contributed by atoms with Crippen LogP contribution in [0, 0.1) is 13.8 Å². The molecule has 1 aromatic carbocycles. The minimum absolute atomic E-state index is 0.665. The van der Waals surface area contributed by atoms with Crippen molar-refractivity contribution in [3.63, 3.8) is 0 Å². The molecular formula is C13H15NO2S. The molecule has 3 nitrogen and oxygen atoms in total. The fraction of sp³-hybridized carbons (Fsp3) is 0.308. The van der Waals surface area contributed by atoms with E-state index in [1.165, 1.54) is 0 Å². The van der Waals surface area contributed by atoms with Crippen LogP contribution in [-0.4, -0.2) is 19.2 Å². The van der Waals surface area contributed by atoms with E-state index in [1.54, 1.807) is 25.6 Å². The highest BCUT2D eigenvalue weighted by atomic mass is 32.1. The van der Waals surface area contributed by atoms with E-state index in [0.29, 0.717) is 5.88 Å². The quantitative estimate of drug-likeness (QED) is 0.835. The molecule has 0 aliphatic carbocycles. The summed E-state index contributed by atoms with van der Waals surface area (Å²) in [6.45, 7) is 4.10. The van der Waals surface area contributed by atoms with Crippen LogP contribution >= 0.6 is 11.3 Å². The Labute approximate surface area is 105 Å². The average molecular weight is 249 g/mol. The highest BCUT2D eigenvalue weighted by molar-refractivity contribution is 7.13. The maximum Gasteiger partial charge on any atom is 0.224 e. The summed E-state index contributed by atoms with van der Waals surface area (Å²) >= 11 is 1.59. The van der Waals surface area contributed by atoms with Gasteiger partial charge in [0, 0.05) is 5.56 Å². The molecule has 0 N–H and O–H groups in total. The number of hydrogen-bond acceptors (Lipinski definition) is 4. The van der Waals surface area contributed by atoms with Crippen molar-refractivity contribution in [2.75, 3.05) is 14.2 Å². The molecule has 2 rings (SSSR count). The maximum atomic E-state index is 5.30. The summed E-state index contributed by atoms with van der Waals surface area (Å²) < 4.78 is 10.4. The number of benzene rings is 1. The van der Waals surface area contributed by atoms with E-state index in [1.807, 2.05) is 18.4 Å². The molecule has 2 aromatic rings. The van der Waals surface area contributed by atoms with Gasteiger partial charge in [-0.1, -0.05) is 0 Å². The Balaban J connectivity index is 2.48. The second kappa shape index (κ2) is 4.75. The highest BCUT2D eigenvalue weighted by Crippen LogP contribution is 2.33. The average Bonchev–Trinajstić information content (AvgIpc) is 2.80. The molecule has 0 spiro atoms.